The second kappa shape index (κ2) is 18.0. The number of hydrogen-bond acceptors (Lipinski definition) is 9. The molecule has 192 valence electrons. The topological polar surface area (TPSA) is 95.7 Å². The third-order valence-electron chi connectivity index (χ3n) is 4.96. The van der Waals surface area contributed by atoms with Crippen LogP contribution >= 0.6 is 23.5 Å². The Labute approximate surface area is 217 Å². The van der Waals surface area contributed by atoms with Crippen molar-refractivity contribution in [2.45, 2.75) is 12.8 Å². The Morgan fingerprint density at radius 2 is 1.20 bits per heavy atom. The number of rotatable bonds is 18. The molecule has 2 aromatic rings. The molecular weight excluding hydrogens is 482 g/mol. The summed E-state index contributed by atoms with van der Waals surface area (Å²) in [6.45, 7) is 3.53. The first-order chi connectivity index (χ1) is 17.2. The number of para-hydroxylation sites is 2. The van der Waals surface area contributed by atoms with Crippen molar-refractivity contribution in [2.75, 3.05) is 63.4 Å². The van der Waals surface area contributed by atoms with Crippen LogP contribution in [0.2, 0.25) is 0 Å². The number of thioether (sulfide) groups is 2. The minimum absolute atomic E-state index is 0.136. The minimum Gasteiger partial charge on any atom is -0.504 e. The van der Waals surface area contributed by atoms with Gasteiger partial charge in [0.1, 0.15) is 0 Å². The third kappa shape index (κ3) is 11.3. The number of ether oxygens (including phenoxy) is 2. The first-order valence-electron chi connectivity index (χ1n) is 11.7. The van der Waals surface area contributed by atoms with Crippen molar-refractivity contribution in [3.63, 3.8) is 0 Å². The largest absolute Gasteiger partial charge is 0.504 e. The molecule has 0 aliphatic heterocycles. The van der Waals surface area contributed by atoms with Gasteiger partial charge in [0.15, 0.2) is 23.0 Å². The van der Waals surface area contributed by atoms with Gasteiger partial charge in [-0.05, 0) is 48.6 Å². The number of phenolic OH excluding ortho intramolecular Hbond substituents is 2. The van der Waals surface area contributed by atoms with E-state index in [-0.39, 0.29) is 11.5 Å². The van der Waals surface area contributed by atoms with E-state index >= 15 is 0 Å². The van der Waals surface area contributed by atoms with Crippen molar-refractivity contribution >= 4 is 36.0 Å². The average molecular weight is 520 g/mol. The number of hydrogen-bond donors (Lipinski definition) is 3. The Morgan fingerprint density at radius 3 is 1.63 bits per heavy atom. The predicted octanol–water partition coefficient (Wildman–Crippen LogP) is 4.49. The molecule has 35 heavy (non-hydrogen) atoms. The summed E-state index contributed by atoms with van der Waals surface area (Å²) < 4.78 is 10.2. The zero-order chi connectivity index (χ0) is 25.1. The first-order valence-corrected chi connectivity index (χ1v) is 14.1. The summed E-state index contributed by atoms with van der Waals surface area (Å²) in [6.07, 6.45) is 5.45. The lowest BCUT2D eigenvalue weighted by Gasteiger charge is -2.05. The van der Waals surface area contributed by atoms with Crippen LogP contribution in [-0.2, 0) is 0 Å². The predicted molar refractivity (Wildman–Crippen MR) is 151 cm³/mol. The van der Waals surface area contributed by atoms with E-state index < -0.39 is 0 Å². The molecule has 0 bridgehead atoms. The third-order valence-corrected chi connectivity index (χ3v) is 7.10. The van der Waals surface area contributed by atoms with E-state index in [1.165, 1.54) is 14.2 Å². The summed E-state index contributed by atoms with van der Waals surface area (Å²) in [7, 11) is 3.08. The maximum atomic E-state index is 10.0. The summed E-state index contributed by atoms with van der Waals surface area (Å²) >= 11 is 3.87. The maximum absolute atomic E-state index is 10.0. The van der Waals surface area contributed by atoms with E-state index in [0.29, 0.717) is 22.6 Å². The molecule has 0 aliphatic rings. The lowest BCUT2D eigenvalue weighted by Crippen LogP contribution is -2.20. The summed E-state index contributed by atoms with van der Waals surface area (Å²) in [5.41, 5.74) is 1.36. The SMILES string of the molecule is COc1cccc(C=NCCCSCCNCCSCCCN=Cc2cccc(OC)c2O)c1O. The van der Waals surface area contributed by atoms with Crippen molar-refractivity contribution in [1.29, 1.82) is 0 Å². The van der Waals surface area contributed by atoms with Crippen LogP contribution in [0.5, 0.6) is 23.0 Å². The molecule has 0 fully saturated rings. The van der Waals surface area contributed by atoms with Crippen molar-refractivity contribution in [1.82, 2.24) is 5.32 Å². The van der Waals surface area contributed by atoms with Crippen LogP contribution in [0.25, 0.3) is 0 Å². The molecule has 0 amide bonds. The molecule has 2 rings (SSSR count). The average Bonchev–Trinajstić information content (AvgIpc) is 2.87. The molecule has 9 heteroatoms. The number of phenols is 2. The van der Waals surface area contributed by atoms with Crippen LogP contribution in [0.15, 0.2) is 46.4 Å². The molecule has 7 nitrogen and oxygen atoms in total. The first kappa shape index (κ1) is 28.9. The van der Waals surface area contributed by atoms with Crippen molar-refractivity contribution in [3.05, 3.63) is 47.5 Å². The monoisotopic (exact) mass is 519 g/mol. The number of nitrogens with one attached hydrogen (secondary N) is 1. The number of aromatic hydroxyl groups is 2. The standard InChI is InChI=1S/C26H37N3O4S2/c1-32-23-9-3-7-21(25(23)30)19-28-11-5-15-34-17-13-27-14-18-35-16-6-12-29-20-22-8-4-10-24(33-2)26(22)31/h3-4,7-10,19-20,27,30-31H,5-6,11-18H2,1-2H3. The molecule has 0 unspecified atom stereocenters. The van der Waals surface area contributed by atoms with Gasteiger partial charge in [-0.25, -0.2) is 0 Å². The summed E-state index contributed by atoms with van der Waals surface area (Å²) in [6, 6.07) is 10.8. The van der Waals surface area contributed by atoms with Gasteiger partial charge in [0.25, 0.3) is 0 Å². The molecule has 0 saturated carbocycles. The summed E-state index contributed by atoms with van der Waals surface area (Å²) in [5.74, 6) is 5.54. The van der Waals surface area contributed by atoms with Crippen LogP contribution in [0.3, 0.4) is 0 Å². The van der Waals surface area contributed by atoms with Crippen LogP contribution in [0.1, 0.15) is 24.0 Å². The fraction of sp³-hybridized carbons (Fsp3) is 0.462. The second-order valence-corrected chi connectivity index (χ2v) is 10.00. The van der Waals surface area contributed by atoms with Crippen LogP contribution in [-0.4, -0.2) is 86.1 Å². The Bertz CT molecular complexity index is 852. The molecule has 0 aromatic heterocycles. The van der Waals surface area contributed by atoms with Gasteiger partial charge in [-0.1, -0.05) is 12.1 Å². The van der Waals surface area contributed by atoms with Gasteiger partial charge in [0.2, 0.25) is 0 Å². The van der Waals surface area contributed by atoms with E-state index in [1.807, 2.05) is 47.8 Å². The Morgan fingerprint density at radius 1 is 0.743 bits per heavy atom. The fourth-order valence-corrected chi connectivity index (χ4v) is 4.73. The highest BCUT2D eigenvalue weighted by atomic mass is 32.2. The molecule has 0 aliphatic carbocycles. The van der Waals surface area contributed by atoms with Crippen LogP contribution < -0.4 is 14.8 Å². The number of aliphatic imine (C=N–C) groups is 2. The normalized spacial score (nSPS) is 11.5. The van der Waals surface area contributed by atoms with E-state index in [0.717, 1.165) is 62.0 Å². The van der Waals surface area contributed by atoms with Crippen molar-refractivity contribution in [3.8, 4) is 23.0 Å². The summed E-state index contributed by atoms with van der Waals surface area (Å²) in [5, 5.41) is 23.5. The zero-order valence-electron chi connectivity index (χ0n) is 20.6. The number of methoxy groups -OCH3 is 2. The summed E-state index contributed by atoms with van der Waals surface area (Å²) in [4.78, 5) is 8.80. The Hall–Kier alpha value is -2.36. The van der Waals surface area contributed by atoms with Gasteiger partial charge in [-0.2, -0.15) is 23.5 Å². The molecule has 0 saturated heterocycles. The van der Waals surface area contributed by atoms with Crippen molar-refractivity contribution < 1.29 is 19.7 Å². The zero-order valence-corrected chi connectivity index (χ0v) is 22.2. The molecule has 2 aromatic carbocycles. The lowest BCUT2D eigenvalue weighted by atomic mass is 10.2. The maximum Gasteiger partial charge on any atom is 0.166 e. The quantitative estimate of drug-likeness (QED) is 0.197. The van der Waals surface area contributed by atoms with Gasteiger partial charge in [-0.15, -0.1) is 0 Å². The Balaban J connectivity index is 1.39. The number of nitrogens with zero attached hydrogens (tertiary/aromatic N) is 2. The molecule has 0 heterocycles. The molecule has 0 atom stereocenters. The molecule has 0 radical (unpaired) electrons. The molecular formula is C26H37N3O4S2. The lowest BCUT2D eigenvalue weighted by molar-refractivity contribution is 0.373. The minimum atomic E-state index is 0.136. The van der Waals surface area contributed by atoms with Gasteiger partial charge in [0, 0.05) is 61.2 Å². The van der Waals surface area contributed by atoms with Crippen molar-refractivity contribution in [2.24, 2.45) is 9.98 Å². The fourth-order valence-electron chi connectivity index (χ4n) is 3.08. The molecule has 3 N–H and O–H groups in total. The second-order valence-electron chi connectivity index (χ2n) is 7.55. The smallest absolute Gasteiger partial charge is 0.166 e. The van der Waals surface area contributed by atoms with Gasteiger partial charge in [-0.3, -0.25) is 9.98 Å². The number of benzene rings is 2. The van der Waals surface area contributed by atoms with E-state index in [1.54, 1.807) is 24.6 Å². The van der Waals surface area contributed by atoms with E-state index in [2.05, 4.69) is 15.3 Å². The highest BCUT2D eigenvalue weighted by Crippen LogP contribution is 2.28. The molecule has 0 spiro atoms. The van der Waals surface area contributed by atoms with Gasteiger partial charge in [0.05, 0.1) is 14.2 Å². The Kier molecular flexibility index (Phi) is 14.8. The highest BCUT2D eigenvalue weighted by Gasteiger charge is 2.05. The van der Waals surface area contributed by atoms with Gasteiger partial charge < -0.3 is 25.0 Å². The highest BCUT2D eigenvalue weighted by molar-refractivity contribution is 7.99. The van der Waals surface area contributed by atoms with Crippen LogP contribution in [0.4, 0.5) is 0 Å². The van der Waals surface area contributed by atoms with E-state index in [4.69, 9.17) is 9.47 Å². The van der Waals surface area contributed by atoms with E-state index in [9.17, 15) is 10.2 Å². The van der Waals surface area contributed by atoms with Gasteiger partial charge >= 0.3 is 0 Å². The van der Waals surface area contributed by atoms with Crippen LogP contribution in [0, 0.1) is 0 Å².